The molecule has 0 radical (unpaired) electrons. The number of anilines is 1. The molecule has 1 fully saturated rings. The first-order valence-corrected chi connectivity index (χ1v) is 10.6. The molecule has 8 heteroatoms. The number of hydrogen-bond acceptors (Lipinski definition) is 4. The van der Waals surface area contributed by atoms with Crippen LogP contribution in [0.5, 0.6) is 5.75 Å². The number of fused-ring (bicyclic) bond motifs is 1. The zero-order chi connectivity index (χ0) is 22.0. The largest absolute Gasteiger partial charge is 0.495 e. The van der Waals surface area contributed by atoms with Gasteiger partial charge in [-0.15, -0.1) is 0 Å². The second-order valence-corrected chi connectivity index (χ2v) is 8.02. The van der Waals surface area contributed by atoms with Crippen LogP contribution in [0.4, 0.5) is 5.69 Å². The Morgan fingerprint density at radius 3 is 2.52 bits per heavy atom. The maximum absolute atomic E-state index is 12.9. The van der Waals surface area contributed by atoms with Crippen LogP contribution in [0.2, 0.25) is 5.02 Å². The summed E-state index contributed by atoms with van der Waals surface area (Å²) in [6.45, 7) is 4.27. The molecule has 2 amide bonds. The molecule has 2 aromatic carbocycles. The molecule has 4 rings (SSSR count). The molecular formula is C23H25ClN4O3. The highest BCUT2D eigenvalue weighted by atomic mass is 35.5. The third-order valence-corrected chi connectivity index (χ3v) is 6.00. The van der Waals surface area contributed by atoms with E-state index in [1.54, 1.807) is 25.3 Å². The standard InChI is InChI=1S/C23H25ClN4O3/c1-15(22(29)25-17-7-8-21(31-2)18(24)14-17)27-9-11-28(12-10-27)23(30)20-13-16-5-3-4-6-19(16)26-20/h3-8,13-15,26H,9-12H2,1-2H3,(H,25,29). The van der Waals surface area contributed by atoms with Gasteiger partial charge in [0.2, 0.25) is 5.91 Å². The molecule has 0 bridgehead atoms. The van der Waals surface area contributed by atoms with Gasteiger partial charge >= 0.3 is 0 Å². The average molecular weight is 441 g/mol. The number of para-hydroxylation sites is 1. The number of carbonyl (C=O) groups excluding carboxylic acids is 2. The van der Waals surface area contributed by atoms with Gasteiger partial charge in [0.25, 0.3) is 5.91 Å². The number of rotatable bonds is 5. The molecule has 1 aliphatic rings. The summed E-state index contributed by atoms with van der Waals surface area (Å²) in [6.07, 6.45) is 0. The van der Waals surface area contributed by atoms with Crippen LogP contribution in [0.1, 0.15) is 17.4 Å². The maximum Gasteiger partial charge on any atom is 0.270 e. The fourth-order valence-corrected chi connectivity index (χ4v) is 4.09. The molecule has 7 nitrogen and oxygen atoms in total. The van der Waals surface area contributed by atoms with Gasteiger partial charge in [0.05, 0.1) is 18.2 Å². The van der Waals surface area contributed by atoms with Crippen molar-refractivity contribution in [1.82, 2.24) is 14.8 Å². The van der Waals surface area contributed by atoms with E-state index < -0.39 is 0 Å². The summed E-state index contributed by atoms with van der Waals surface area (Å²) in [7, 11) is 1.55. The second kappa shape index (κ2) is 8.99. The van der Waals surface area contributed by atoms with Gasteiger partial charge in [-0.2, -0.15) is 0 Å². The molecule has 0 aliphatic carbocycles. The normalized spacial score (nSPS) is 15.6. The molecule has 2 heterocycles. The van der Waals surface area contributed by atoms with Crippen LogP contribution >= 0.6 is 11.6 Å². The first-order valence-electron chi connectivity index (χ1n) is 10.2. The number of nitrogens with zero attached hydrogens (tertiary/aromatic N) is 2. The molecule has 31 heavy (non-hydrogen) atoms. The molecule has 0 saturated carbocycles. The summed E-state index contributed by atoms with van der Waals surface area (Å²) in [5, 5.41) is 4.36. The Bertz CT molecular complexity index is 1070. The van der Waals surface area contributed by atoms with Crippen molar-refractivity contribution in [3.05, 3.63) is 59.2 Å². The zero-order valence-corrected chi connectivity index (χ0v) is 18.3. The summed E-state index contributed by atoms with van der Waals surface area (Å²) in [5.41, 5.74) is 2.17. The predicted molar refractivity (Wildman–Crippen MR) is 122 cm³/mol. The molecule has 0 spiro atoms. The minimum Gasteiger partial charge on any atom is -0.495 e. The molecule has 162 valence electrons. The zero-order valence-electron chi connectivity index (χ0n) is 17.5. The Morgan fingerprint density at radius 2 is 1.84 bits per heavy atom. The topological polar surface area (TPSA) is 77.7 Å². The van der Waals surface area contributed by atoms with Gasteiger partial charge < -0.3 is 19.9 Å². The first kappa shape index (κ1) is 21.2. The van der Waals surface area contributed by atoms with Crippen molar-refractivity contribution in [2.75, 3.05) is 38.6 Å². The summed E-state index contributed by atoms with van der Waals surface area (Å²) in [5.74, 6) is 0.431. The predicted octanol–water partition coefficient (Wildman–Crippen LogP) is 3.61. The van der Waals surface area contributed by atoms with E-state index in [1.165, 1.54) is 0 Å². The van der Waals surface area contributed by atoms with Crippen molar-refractivity contribution < 1.29 is 14.3 Å². The third kappa shape index (κ3) is 4.52. The Kier molecular flexibility index (Phi) is 6.15. The quantitative estimate of drug-likeness (QED) is 0.635. The van der Waals surface area contributed by atoms with Gasteiger partial charge in [-0.1, -0.05) is 29.8 Å². The smallest absolute Gasteiger partial charge is 0.270 e. The molecule has 1 aromatic heterocycles. The van der Waals surface area contributed by atoms with Crippen LogP contribution in [-0.4, -0.2) is 65.9 Å². The second-order valence-electron chi connectivity index (χ2n) is 7.61. The number of aromatic nitrogens is 1. The van der Waals surface area contributed by atoms with Crippen LogP contribution in [0.3, 0.4) is 0 Å². The molecule has 1 unspecified atom stereocenters. The number of aromatic amines is 1. The van der Waals surface area contributed by atoms with E-state index in [1.807, 2.05) is 42.2 Å². The minimum atomic E-state index is -0.328. The van der Waals surface area contributed by atoms with Crippen molar-refractivity contribution >= 4 is 40.0 Å². The molecule has 3 aromatic rings. The van der Waals surface area contributed by atoms with Gasteiger partial charge in [0, 0.05) is 42.8 Å². The van der Waals surface area contributed by atoms with Crippen LogP contribution < -0.4 is 10.1 Å². The van der Waals surface area contributed by atoms with Crippen molar-refractivity contribution in [3.8, 4) is 5.75 Å². The van der Waals surface area contributed by atoms with Gasteiger partial charge in [0.1, 0.15) is 11.4 Å². The highest BCUT2D eigenvalue weighted by Crippen LogP contribution is 2.27. The lowest BCUT2D eigenvalue weighted by Crippen LogP contribution is -2.54. The van der Waals surface area contributed by atoms with E-state index in [9.17, 15) is 9.59 Å². The van der Waals surface area contributed by atoms with Crippen LogP contribution in [0.15, 0.2) is 48.5 Å². The summed E-state index contributed by atoms with van der Waals surface area (Å²) >= 11 is 6.14. The number of carbonyl (C=O) groups is 2. The van der Waals surface area contributed by atoms with E-state index in [0.717, 1.165) is 10.9 Å². The minimum absolute atomic E-state index is 0.0131. The van der Waals surface area contributed by atoms with E-state index in [0.29, 0.717) is 48.3 Å². The first-order chi connectivity index (χ1) is 15.0. The van der Waals surface area contributed by atoms with Crippen LogP contribution in [-0.2, 0) is 4.79 Å². The van der Waals surface area contributed by atoms with Crippen molar-refractivity contribution in [2.45, 2.75) is 13.0 Å². The molecular weight excluding hydrogens is 416 g/mol. The van der Waals surface area contributed by atoms with E-state index in [4.69, 9.17) is 16.3 Å². The summed E-state index contributed by atoms with van der Waals surface area (Å²) < 4.78 is 5.14. The third-order valence-electron chi connectivity index (χ3n) is 5.71. The monoisotopic (exact) mass is 440 g/mol. The lowest BCUT2D eigenvalue weighted by Gasteiger charge is -2.37. The number of nitrogens with one attached hydrogen (secondary N) is 2. The molecule has 1 saturated heterocycles. The lowest BCUT2D eigenvalue weighted by atomic mass is 10.2. The molecule has 1 atom stereocenters. The van der Waals surface area contributed by atoms with Crippen LogP contribution in [0.25, 0.3) is 10.9 Å². The molecule has 1 aliphatic heterocycles. The average Bonchev–Trinajstić information content (AvgIpc) is 3.22. The van der Waals surface area contributed by atoms with Crippen LogP contribution in [0, 0.1) is 0 Å². The van der Waals surface area contributed by atoms with Crippen molar-refractivity contribution in [3.63, 3.8) is 0 Å². The highest BCUT2D eigenvalue weighted by Gasteiger charge is 2.28. The van der Waals surface area contributed by atoms with Gasteiger partial charge in [0.15, 0.2) is 0 Å². The van der Waals surface area contributed by atoms with E-state index in [-0.39, 0.29) is 17.9 Å². The summed E-state index contributed by atoms with van der Waals surface area (Å²) in [4.78, 5) is 32.7. The van der Waals surface area contributed by atoms with E-state index in [2.05, 4.69) is 15.2 Å². The van der Waals surface area contributed by atoms with Gasteiger partial charge in [-0.3, -0.25) is 14.5 Å². The number of amides is 2. The fourth-order valence-electron chi connectivity index (χ4n) is 3.83. The maximum atomic E-state index is 12.9. The number of methoxy groups -OCH3 is 1. The van der Waals surface area contributed by atoms with Crippen molar-refractivity contribution in [1.29, 1.82) is 0 Å². The molecule has 2 N–H and O–H groups in total. The lowest BCUT2D eigenvalue weighted by molar-refractivity contribution is -0.121. The van der Waals surface area contributed by atoms with E-state index >= 15 is 0 Å². The Balaban J connectivity index is 1.33. The number of piperazine rings is 1. The number of halogens is 1. The summed E-state index contributed by atoms with van der Waals surface area (Å²) in [6, 6.07) is 14.5. The highest BCUT2D eigenvalue weighted by molar-refractivity contribution is 6.32. The van der Waals surface area contributed by atoms with Crippen molar-refractivity contribution in [2.24, 2.45) is 0 Å². The Hall–Kier alpha value is -3.03. The number of benzene rings is 2. The Labute approximate surface area is 185 Å². The number of hydrogen-bond donors (Lipinski definition) is 2. The van der Waals surface area contributed by atoms with Gasteiger partial charge in [-0.25, -0.2) is 0 Å². The SMILES string of the molecule is COc1ccc(NC(=O)C(C)N2CCN(C(=O)c3cc4ccccc4[nH]3)CC2)cc1Cl. The number of ether oxygens (including phenoxy) is 1. The van der Waals surface area contributed by atoms with Gasteiger partial charge in [-0.05, 0) is 37.3 Å². The Morgan fingerprint density at radius 1 is 1.10 bits per heavy atom. The number of H-pyrrole nitrogens is 1. The fraction of sp³-hybridized carbons (Fsp3) is 0.304.